The Labute approximate surface area is 230 Å². The molecule has 1 atom stereocenters. The number of benzene rings is 3. The Hall–Kier alpha value is -3.72. The second-order valence-corrected chi connectivity index (χ2v) is 11.2. The number of anilines is 1. The normalized spacial score (nSPS) is 12.0. The molecule has 0 saturated heterocycles. The van der Waals surface area contributed by atoms with Gasteiger partial charge in [0, 0.05) is 13.1 Å². The summed E-state index contributed by atoms with van der Waals surface area (Å²) in [6, 6.07) is 19.6. The van der Waals surface area contributed by atoms with Crippen LogP contribution in [-0.2, 0) is 26.2 Å². The second kappa shape index (κ2) is 13.9. The van der Waals surface area contributed by atoms with Crippen molar-refractivity contribution >= 4 is 27.5 Å². The molecule has 0 spiro atoms. The predicted molar refractivity (Wildman–Crippen MR) is 151 cm³/mol. The maximum absolute atomic E-state index is 13.9. The first-order valence-electron chi connectivity index (χ1n) is 13.1. The van der Waals surface area contributed by atoms with Crippen LogP contribution < -0.4 is 9.62 Å². The number of halogens is 1. The molecule has 3 aromatic rings. The molecule has 0 aromatic heterocycles. The standard InChI is InChI=1S/C30H36FN3O4S/c1-4-6-20-32-30(36)28(5-2)33(21-24-14-12-23(3)13-15-24)29(35)22-34(26-10-8-7-9-11-26)39(37,38)27-18-16-25(31)17-19-27/h7-19,28H,4-6,20-22H2,1-3H3,(H,32,36). The fourth-order valence-corrected chi connectivity index (χ4v) is 5.59. The molecule has 3 rings (SSSR count). The molecule has 3 aromatic carbocycles. The molecule has 0 bridgehead atoms. The van der Waals surface area contributed by atoms with E-state index in [1.54, 1.807) is 30.3 Å². The second-order valence-electron chi connectivity index (χ2n) is 9.38. The van der Waals surface area contributed by atoms with Crippen molar-refractivity contribution in [1.29, 1.82) is 0 Å². The molecule has 1 unspecified atom stereocenters. The van der Waals surface area contributed by atoms with Crippen molar-refractivity contribution in [2.75, 3.05) is 17.4 Å². The van der Waals surface area contributed by atoms with Gasteiger partial charge in [-0.25, -0.2) is 12.8 Å². The number of amides is 2. The van der Waals surface area contributed by atoms with Crippen LogP contribution in [0.3, 0.4) is 0 Å². The first-order chi connectivity index (χ1) is 18.7. The third kappa shape index (κ3) is 7.89. The van der Waals surface area contributed by atoms with Crippen LogP contribution in [0.4, 0.5) is 10.1 Å². The van der Waals surface area contributed by atoms with E-state index in [4.69, 9.17) is 0 Å². The summed E-state index contributed by atoms with van der Waals surface area (Å²) in [6.45, 7) is 5.90. The summed E-state index contributed by atoms with van der Waals surface area (Å²) >= 11 is 0. The van der Waals surface area contributed by atoms with E-state index in [9.17, 15) is 22.4 Å². The lowest BCUT2D eigenvalue weighted by Crippen LogP contribution is -2.52. The average molecular weight is 554 g/mol. The van der Waals surface area contributed by atoms with Crippen molar-refractivity contribution in [2.24, 2.45) is 0 Å². The quantitative estimate of drug-likeness (QED) is 0.300. The number of nitrogens with zero attached hydrogens (tertiary/aromatic N) is 2. The summed E-state index contributed by atoms with van der Waals surface area (Å²) in [6.07, 6.45) is 2.08. The number of nitrogens with one attached hydrogen (secondary N) is 1. The summed E-state index contributed by atoms with van der Waals surface area (Å²) in [4.78, 5) is 28.4. The van der Waals surface area contributed by atoms with E-state index >= 15 is 0 Å². The minimum atomic E-state index is -4.23. The number of unbranched alkanes of at least 4 members (excludes halogenated alkanes) is 1. The van der Waals surface area contributed by atoms with Crippen LogP contribution in [0.25, 0.3) is 0 Å². The Balaban J connectivity index is 2.00. The van der Waals surface area contributed by atoms with Crippen LogP contribution in [0.1, 0.15) is 44.2 Å². The third-order valence-electron chi connectivity index (χ3n) is 6.41. The smallest absolute Gasteiger partial charge is 0.264 e. The molecule has 7 nitrogen and oxygen atoms in total. The number of para-hydroxylation sites is 1. The first-order valence-corrected chi connectivity index (χ1v) is 14.6. The van der Waals surface area contributed by atoms with Crippen LogP contribution >= 0.6 is 0 Å². The minimum absolute atomic E-state index is 0.137. The predicted octanol–water partition coefficient (Wildman–Crippen LogP) is 5.05. The molecule has 0 heterocycles. The van der Waals surface area contributed by atoms with Crippen molar-refractivity contribution in [1.82, 2.24) is 10.2 Å². The third-order valence-corrected chi connectivity index (χ3v) is 8.20. The number of hydrogen-bond donors (Lipinski definition) is 1. The molecule has 39 heavy (non-hydrogen) atoms. The molecule has 0 aliphatic carbocycles. The molecular formula is C30H36FN3O4S. The first kappa shape index (κ1) is 29.8. The summed E-state index contributed by atoms with van der Waals surface area (Å²) in [5.74, 6) is -1.37. The van der Waals surface area contributed by atoms with E-state index in [1.807, 2.05) is 45.0 Å². The van der Waals surface area contributed by atoms with Crippen molar-refractivity contribution in [3.63, 3.8) is 0 Å². The van der Waals surface area contributed by atoms with Gasteiger partial charge in [0.05, 0.1) is 10.6 Å². The highest BCUT2D eigenvalue weighted by Crippen LogP contribution is 2.25. The Morgan fingerprint density at radius 2 is 1.56 bits per heavy atom. The number of hydrogen-bond acceptors (Lipinski definition) is 4. The minimum Gasteiger partial charge on any atom is -0.354 e. The van der Waals surface area contributed by atoms with Gasteiger partial charge in [0.25, 0.3) is 10.0 Å². The van der Waals surface area contributed by atoms with Gasteiger partial charge in [-0.1, -0.05) is 68.3 Å². The molecule has 0 saturated carbocycles. The van der Waals surface area contributed by atoms with Gasteiger partial charge in [-0.05, 0) is 61.7 Å². The number of carbonyl (C=O) groups is 2. The number of sulfonamides is 1. The van der Waals surface area contributed by atoms with Crippen LogP contribution in [0.5, 0.6) is 0 Å². The number of aryl methyl sites for hydroxylation is 1. The van der Waals surface area contributed by atoms with Gasteiger partial charge in [-0.2, -0.15) is 0 Å². The fourth-order valence-electron chi connectivity index (χ4n) is 4.17. The van der Waals surface area contributed by atoms with Crippen LogP contribution in [0.15, 0.2) is 83.8 Å². The van der Waals surface area contributed by atoms with Gasteiger partial charge >= 0.3 is 0 Å². The van der Waals surface area contributed by atoms with Gasteiger partial charge < -0.3 is 10.2 Å². The van der Waals surface area contributed by atoms with Crippen molar-refractivity contribution in [3.8, 4) is 0 Å². The van der Waals surface area contributed by atoms with Gasteiger partial charge in [-0.15, -0.1) is 0 Å². The molecule has 0 radical (unpaired) electrons. The monoisotopic (exact) mass is 553 g/mol. The fraction of sp³-hybridized carbons (Fsp3) is 0.333. The Morgan fingerprint density at radius 1 is 0.923 bits per heavy atom. The molecule has 1 N–H and O–H groups in total. The topological polar surface area (TPSA) is 86.8 Å². The van der Waals surface area contributed by atoms with E-state index in [1.165, 1.54) is 17.0 Å². The van der Waals surface area contributed by atoms with Gasteiger partial charge in [0.1, 0.15) is 18.4 Å². The van der Waals surface area contributed by atoms with Crippen molar-refractivity contribution in [2.45, 2.75) is 57.5 Å². The van der Waals surface area contributed by atoms with Gasteiger partial charge in [0.2, 0.25) is 11.8 Å². The lowest BCUT2D eigenvalue weighted by Gasteiger charge is -2.33. The Morgan fingerprint density at radius 3 is 2.15 bits per heavy atom. The van der Waals surface area contributed by atoms with Crippen LogP contribution in [-0.4, -0.2) is 44.3 Å². The van der Waals surface area contributed by atoms with E-state index in [0.717, 1.165) is 40.4 Å². The maximum atomic E-state index is 13.9. The number of rotatable bonds is 13. The molecule has 0 aliphatic heterocycles. The van der Waals surface area contributed by atoms with Crippen molar-refractivity contribution in [3.05, 3.63) is 95.8 Å². The largest absolute Gasteiger partial charge is 0.354 e. The summed E-state index contributed by atoms with van der Waals surface area (Å²) < 4.78 is 42.0. The SMILES string of the molecule is CCCCNC(=O)C(CC)N(Cc1ccc(C)cc1)C(=O)CN(c1ccccc1)S(=O)(=O)c1ccc(F)cc1. The maximum Gasteiger partial charge on any atom is 0.264 e. The van der Waals surface area contributed by atoms with Crippen LogP contribution in [0, 0.1) is 12.7 Å². The molecule has 9 heteroatoms. The van der Waals surface area contributed by atoms with E-state index in [0.29, 0.717) is 13.0 Å². The van der Waals surface area contributed by atoms with Crippen molar-refractivity contribution < 1.29 is 22.4 Å². The molecular weight excluding hydrogens is 517 g/mol. The highest BCUT2D eigenvalue weighted by Gasteiger charge is 2.33. The Bertz CT molecular complexity index is 1330. The zero-order chi connectivity index (χ0) is 28.4. The summed E-state index contributed by atoms with van der Waals surface area (Å²) in [5, 5.41) is 2.91. The van der Waals surface area contributed by atoms with E-state index in [2.05, 4.69) is 5.32 Å². The Kier molecular flexibility index (Phi) is 10.6. The number of carbonyl (C=O) groups excluding carboxylic acids is 2. The highest BCUT2D eigenvalue weighted by molar-refractivity contribution is 7.92. The van der Waals surface area contributed by atoms with E-state index < -0.39 is 34.3 Å². The summed E-state index contributed by atoms with van der Waals surface area (Å²) in [7, 11) is -4.23. The zero-order valence-corrected chi connectivity index (χ0v) is 23.5. The lowest BCUT2D eigenvalue weighted by molar-refractivity contribution is -0.140. The van der Waals surface area contributed by atoms with Gasteiger partial charge in [0.15, 0.2) is 0 Å². The molecule has 0 fully saturated rings. The van der Waals surface area contributed by atoms with Crippen LogP contribution in [0.2, 0.25) is 0 Å². The zero-order valence-electron chi connectivity index (χ0n) is 22.6. The van der Waals surface area contributed by atoms with Gasteiger partial charge in [-0.3, -0.25) is 13.9 Å². The lowest BCUT2D eigenvalue weighted by atomic mass is 10.1. The highest BCUT2D eigenvalue weighted by atomic mass is 32.2. The molecule has 0 aliphatic rings. The molecule has 2 amide bonds. The molecule has 208 valence electrons. The summed E-state index contributed by atoms with van der Waals surface area (Å²) in [5.41, 5.74) is 2.16. The van der Waals surface area contributed by atoms with E-state index in [-0.39, 0.29) is 23.0 Å². The average Bonchev–Trinajstić information content (AvgIpc) is 2.93.